The van der Waals surface area contributed by atoms with Gasteiger partial charge in [0.2, 0.25) is 0 Å². The minimum Gasteiger partial charge on any atom is -0.309 e. The molecule has 5 heteroatoms. The highest BCUT2D eigenvalue weighted by molar-refractivity contribution is 6.26. The van der Waals surface area contributed by atoms with Gasteiger partial charge in [-0.25, -0.2) is 9.97 Å². The van der Waals surface area contributed by atoms with Crippen molar-refractivity contribution in [1.82, 2.24) is 19.1 Å². The van der Waals surface area contributed by atoms with E-state index in [4.69, 9.17) is 9.97 Å². The number of fused-ring (bicyclic) bond motifs is 7. The van der Waals surface area contributed by atoms with Crippen LogP contribution in [0.5, 0.6) is 0 Å². The molecule has 0 bridgehead atoms. The van der Waals surface area contributed by atoms with E-state index in [1.54, 1.807) is 0 Å². The van der Waals surface area contributed by atoms with Gasteiger partial charge in [0.15, 0.2) is 0 Å². The normalized spacial score (nSPS) is 11.4. The first-order valence-corrected chi connectivity index (χ1v) is 17.3. The van der Waals surface area contributed by atoms with Crippen LogP contribution in [0.4, 0.5) is 0 Å². The van der Waals surface area contributed by atoms with Crippen molar-refractivity contribution in [2.75, 3.05) is 0 Å². The summed E-state index contributed by atoms with van der Waals surface area (Å²) in [6.07, 6.45) is 1.88. The molecule has 0 aliphatic carbocycles. The third-order valence-electron chi connectivity index (χ3n) is 10.0. The lowest BCUT2D eigenvalue weighted by Gasteiger charge is -2.16. The Morgan fingerprint density at radius 1 is 0.500 bits per heavy atom. The molecule has 0 amide bonds. The van der Waals surface area contributed by atoms with Crippen LogP contribution in [0.15, 0.2) is 176 Å². The van der Waals surface area contributed by atoms with E-state index in [0.29, 0.717) is 5.56 Å². The van der Waals surface area contributed by atoms with Crippen LogP contribution in [0.1, 0.15) is 5.56 Å². The summed E-state index contributed by atoms with van der Waals surface area (Å²) in [6.45, 7) is 0. The number of pyridine rings is 2. The molecule has 0 radical (unpaired) electrons. The zero-order valence-electron chi connectivity index (χ0n) is 28.0. The molecule has 0 aliphatic heterocycles. The van der Waals surface area contributed by atoms with E-state index in [-0.39, 0.29) is 0 Å². The lowest BCUT2D eigenvalue weighted by atomic mass is 9.99. The summed E-state index contributed by atoms with van der Waals surface area (Å²) in [6, 6.07) is 61.0. The van der Waals surface area contributed by atoms with Crippen LogP contribution in [0.2, 0.25) is 0 Å². The van der Waals surface area contributed by atoms with Gasteiger partial charge >= 0.3 is 0 Å². The summed E-state index contributed by atoms with van der Waals surface area (Å²) in [5.74, 6) is 0. The van der Waals surface area contributed by atoms with Crippen molar-refractivity contribution in [3.63, 3.8) is 0 Å². The second kappa shape index (κ2) is 11.9. The van der Waals surface area contributed by atoms with Crippen LogP contribution >= 0.6 is 0 Å². The van der Waals surface area contributed by atoms with Gasteiger partial charge in [-0.3, -0.25) is 4.57 Å². The van der Waals surface area contributed by atoms with E-state index in [0.717, 1.165) is 78.0 Å². The summed E-state index contributed by atoms with van der Waals surface area (Å²) in [4.78, 5) is 10.4. The predicted molar refractivity (Wildman–Crippen MR) is 212 cm³/mol. The maximum atomic E-state index is 9.47. The van der Waals surface area contributed by atoms with E-state index < -0.39 is 0 Å². The van der Waals surface area contributed by atoms with Gasteiger partial charge < -0.3 is 4.57 Å². The van der Waals surface area contributed by atoms with Gasteiger partial charge in [-0.2, -0.15) is 5.26 Å². The number of aromatic nitrogens is 4. The number of rotatable bonds is 5. The minimum absolute atomic E-state index is 0.618. The Morgan fingerprint density at radius 2 is 1.21 bits per heavy atom. The third kappa shape index (κ3) is 4.63. The highest BCUT2D eigenvalue weighted by Gasteiger charge is 2.23. The van der Waals surface area contributed by atoms with Crippen molar-refractivity contribution in [2.24, 2.45) is 0 Å². The molecular weight excluding hydrogens is 635 g/mol. The second-order valence-electron chi connectivity index (χ2n) is 13.0. The SMILES string of the molecule is N#Cc1ccc(-c2cc(-c3ccccc3)cc(-c3ccccc3-n3c4ncccc4c4ccc5c(c6ccccc6n5-c5ccccc5)c43)n2)cc1. The number of nitrogens with zero attached hydrogens (tertiary/aromatic N) is 5. The number of benzene rings is 6. The Morgan fingerprint density at radius 3 is 2.04 bits per heavy atom. The molecule has 242 valence electrons. The quantitative estimate of drug-likeness (QED) is 0.184. The fraction of sp³-hybridized carbons (Fsp3) is 0. The molecule has 0 aliphatic rings. The monoisotopic (exact) mass is 663 g/mol. The summed E-state index contributed by atoms with van der Waals surface area (Å²) < 4.78 is 4.70. The van der Waals surface area contributed by atoms with E-state index in [2.05, 4.69) is 149 Å². The molecule has 0 fully saturated rings. The highest BCUT2D eigenvalue weighted by atomic mass is 15.1. The largest absolute Gasteiger partial charge is 0.309 e. The highest BCUT2D eigenvalue weighted by Crippen LogP contribution is 2.43. The molecule has 0 saturated carbocycles. The molecule has 0 atom stereocenters. The number of nitriles is 1. The summed E-state index contributed by atoms with van der Waals surface area (Å²) in [5.41, 5.74) is 12.8. The van der Waals surface area contributed by atoms with Gasteiger partial charge in [0.1, 0.15) is 5.65 Å². The Balaban J connectivity index is 1.30. The van der Waals surface area contributed by atoms with E-state index >= 15 is 0 Å². The summed E-state index contributed by atoms with van der Waals surface area (Å²) >= 11 is 0. The van der Waals surface area contributed by atoms with Gasteiger partial charge in [0.25, 0.3) is 0 Å². The molecule has 0 unspecified atom stereocenters. The Kier molecular flexibility index (Phi) is 6.80. The molecule has 52 heavy (non-hydrogen) atoms. The number of hydrogen-bond acceptors (Lipinski definition) is 3. The van der Waals surface area contributed by atoms with E-state index in [9.17, 15) is 5.26 Å². The number of para-hydroxylation sites is 3. The predicted octanol–water partition coefficient (Wildman–Crippen LogP) is 11.5. The molecule has 0 N–H and O–H groups in total. The zero-order valence-corrected chi connectivity index (χ0v) is 28.0. The van der Waals surface area contributed by atoms with Crippen LogP contribution in [0.3, 0.4) is 0 Å². The van der Waals surface area contributed by atoms with Crippen LogP contribution in [0.25, 0.3) is 88.8 Å². The molecule has 0 saturated heterocycles. The molecule has 10 rings (SSSR count). The minimum atomic E-state index is 0.618. The zero-order chi connectivity index (χ0) is 34.6. The lowest BCUT2D eigenvalue weighted by Crippen LogP contribution is -2.00. The van der Waals surface area contributed by atoms with Crippen molar-refractivity contribution in [3.05, 3.63) is 182 Å². The van der Waals surface area contributed by atoms with E-state index in [1.165, 1.54) is 10.8 Å². The fourth-order valence-corrected chi connectivity index (χ4v) is 7.69. The third-order valence-corrected chi connectivity index (χ3v) is 10.0. The van der Waals surface area contributed by atoms with Crippen LogP contribution in [-0.2, 0) is 0 Å². The Labute approximate surface area is 299 Å². The molecule has 4 aromatic heterocycles. The first-order valence-electron chi connectivity index (χ1n) is 17.3. The van der Waals surface area contributed by atoms with Crippen molar-refractivity contribution in [3.8, 4) is 51.1 Å². The van der Waals surface area contributed by atoms with Crippen molar-refractivity contribution < 1.29 is 0 Å². The number of hydrogen-bond donors (Lipinski definition) is 0. The maximum absolute atomic E-state index is 9.47. The first kappa shape index (κ1) is 29.6. The molecule has 10 aromatic rings. The van der Waals surface area contributed by atoms with Crippen LogP contribution < -0.4 is 0 Å². The van der Waals surface area contributed by atoms with Gasteiger partial charge in [0, 0.05) is 44.6 Å². The fourth-order valence-electron chi connectivity index (χ4n) is 7.69. The van der Waals surface area contributed by atoms with Crippen molar-refractivity contribution in [1.29, 1.82) is 5.26 Å². The average Bonchev–Trinajstić information content (AvgIpc) is 3.74. The summed E-state index contributed by atoms with van der Waals surface area (Å²) in [5, 5.41) is 14.1. The standard InChI is InChI=1S/C47H29N5/c48-30-31-21-23-33(24-22-31)40-28-34(32-12-3-1-4-13-32)29-41(50-40)38-16-7-9-19-42(38)52-46-36(37-18-11-27-49-47(37)52)25-26-44-45(46)39-17-8-10-20-43(39)51(44)35-14-5-2-6-15-35/h1-29H. The average molecular weight is 664 g/mol. The second-order valence-corrected chi connectivity index (χ2v) is 13.0. The van der Waals surface area contributed by atoms with Crippen LogP contribution in [0, 0.1) is 11.3 Å². The molecule has 0 spiro atoms. The smallest absolute Gasteiger partial charge is 0.145 e. The van der Waals surface area contributed by atoms with Crippen molar-refractivity contribution in [2.45, 2.75) is 0 Å². The van der Waals surface area contributed by atoms with Gasteiger partial charge in [0.05, 0.1) is 45.3 Å². The maximum Gasteiger partial charge on any atom is 0.145 e. The van der Waals surface area contributed by atoms with Gasteiger partial charge in [-0.15, -0.1) is 0 Å². The summed E-state index contributed by atoms with van der Waals surface area (Å²) in [7, 11) is 0. The first-order chi connectivity index (χ1) is 25.8. The Hall–Kier alpha value is -7.29. The van der Waals surface area contributed by atoms with E-state index in [1.807, 2.05) is 42.6 Å². The van der Waals surface area contributed by atoms with Gasteiger partial charge in [-0.05, 0) is 77.9 Å². The van der Waals surface area contributed by atoms with Crippen LogP contribution in [-0.4, -0.2) is 19.1 Å². The lowest BCUT2D eigenvalue weighted by molar-refractivity contribution is 1.14. The van der Waals surface area contributed by atoms with Gasteiger partial charge in [-0.1, -0.05) is 103 Å². The molecular formula is C47H29N5. The van der Waals surface area contributed by atoms with Crippen molar-refractivity contribution >= 4 is 43.7 Å². The Bertz CT molecular complexity index is 3000. The molecule has 5 nitrogen and oxygen atoms in total. The molecule has 4 heterocycles. The molecule has 6 aromatic carbocycles. The topological polar surface area (TPSA) is 59.4 Å².